The number of benzene rings is 1. The minimum atomic E-state index is -0.571. The summed E-state index contributed by atoms with van der Waals surface area (Å²) in [7, 11) is 0. The van der Waals surface area contributed by atoms with E-state index in [0.29, 0.717) is 12.4 Å². The Morgan fingerprint density at radius 1 is 1.25 bits per heavy atom. The molecule has 0 saturated heterocycles. The van der Waals surface area contributed by atoms with E-state index in [-0.39, 0.29) is 5.69 Å². The highest BCUT2D eigenvalue weighted by atomic mass is 79.9. The van der Waals surface area contributed by atoms with E-state index in [1.165, 1.54) is 0 Å². The number of amides is 1. The second-order valence-corrected chi connectivity index (χ2v) is 5.10. The van der Waals surface area contributed by atoms with Gasteiger partial charge in [0.15, 0.2) is 11.5 Å². The molecule has 1 aromatic carbocycles. The second-order valence-electron chi connectivity index (χ2n) is 4.25. The molecule has 0 aliphatic rings. The number of nitrogens with two attached hydrogens (primary N) is 1. The molecular formula is C14H15BrN4O. The van der Waals surface area contributed by atoms with Crippen LogP contribution in [0, 0.1) is 0 Å². The van der Waals surface area contributed by atoms with Crippen LogP contribution in [-0.2, 0) is 6.54 Å². The Hall–Kier alpha value is -1.95. The Bertz CT molecular complexity index is 600. The smallest absolute Gasteiger partial charge is 0.269 e. The number of primary amides is 1. The number of nitrogens with zero attached hydrogens (tertiary/aromatic N) is 3. The van der Waals surface area contributed by atoms with Gasteiger partial charge in [-0.15, -0.1) is 10.2 Å². The third-order valence-electron chi connectivity index (χ3n) is 2.93. The first-order valence-electron chi connectivity index (χ1n) is 6.23. The van der Waals surface area contributed by atoms with Crippen molar-refractivity contribution in [3.05, 3.63) is 52.1 Å². The van der Waals surface area contributed by atoms with E-state index in [1.54, 1.807) is 12.1 Å². The lowest BCUT2D eigenvalue weighted by atomic mass is 10.2. The molecule has 0 atom stereocenters. The molecule has 20 heavy (non-hydrogen) atoms. The molecule has 0 aliphatic heterocycles. The Morgan fingerprint density at radius 2 is 2.00 bits per heavy atom. The van der Waals surface area contributed by atoms with Crippen molar-refractivity contribution in [1.82, 2.24) is 10.2 Å². The summed E-state index contributed by atoms with van der Waals surface area (Å²) in [5, 5.41) is 7.89. The number of halogens is 1. The molecular weight excluding hydrogens is 320 g/mol. The molecule has 6 heteroatoms. The molecule has 0 fully saturated rings. The SMILES string of the molecule is CCN(Cc1ccccc1Br)c1ccc(C(N)=O)nn1. The highest BCUT2D eigenvalue weighted by Gasteiger charge is 2.10. The van der Waals surface area contributed by atoms with Crippen LogP contribution in [0.25, 0.3) is 0 Å². The maximum atomic E-state index is 11.0. The standard InChI is InChI=1S/C14H15BrN4O/c1-2-19(9-10-5-3-4-6-11(10)15)13-8-7-12(14(16)20)17-18-13/h3-8H,2,9H2,1H3,(H2,16,20). The van der Waals surface area contributed by atoms with Crippen molar-refractivity contribution in [3.8, 4) is 0 Å². The lowest BCUT2D eigenvalue weighted by Gasteiger charge is -2.22. The van der Waals surface area contributed by atoms with Gasteiger partial charge >= 0.3 is 0 Å². The van der Waals surface area contributed by atoms with Crippen LogP contribution < -0.4 is 10.6 Å². The van der Waals surface area contributed by atoms with Crippen LogP contribution in [0.15, 0.2) is 40.9 Å². The van der Waals surface area contributed by atoms with Crippen LogP contribution in [0.5, 0.6) is 0 Å². The summed E-state index contributed by atoms with van der Waals surface area (Å²) >= 11 is 3.53. The largest absolute Gasteiger partial charge is 0.364 e. The van der Waals surface area contributed by atoms with E-state index in [9.17, 15) is 4.79 Å². The number of carbonyl (C=O) groups is 1. The molecule has 0 aliphatic carbocycles. The van der Waals surface area contributed by atoms with Crippen molar-refractivity contribution in [2.24, 2.45) is 5.73 Å². The van der Waals surface area contributed by atoms with Gasteiger partial charge in [0.1, 0.15) is 0 Å². The first-order valence-corrected chi connectivity index (χ1v) is 7.03. The van der Waals surface area contributed by atoms with Crippen LogP contribution in [0.4, 0.5) is 5.82 Å². The van der Waals surface area contributed by atoms with Crippen LogP contribution >= 0.6 is 15.9 Å². The summed E-state index contributed by atoms with van der Waals surface area (Å²) in [6.07, 6.45) is 0. The van der Waals surface area contributed by atoms with Crippen molar-refractivity contribution in [2.75, 3.05) is 11.4 Å². The van der Waals surface area contributed by atoms with Crippen molar-refractivity contribution in [1.29, 1.82) is 0 Å². The maximum Gasteiger partial charge on any atom is 0.269 e. The molecule has 0 radical (unpaired) electrons. The summed E-state index contributed by atoms with van der Waals surface area (Å²) in [6.45, 7) is 3.54. The number of carbonyl (C=O) groups excluding carboxylic acids is 1. The molecule has 2 aromatic rings. The number of aromatic nitrogens is 2. The van der Waals surface area contributed by atoms with E-state index >= 15 is 0 Å². The van der Waals surface area contributed by atoms with Gasteiger partial charge in [-0.05, 0) is 30.7 Å². The summed E-state index contributed by atoms with van der Waals surface area (Å²) < 4.78 is 1.06. The Morgan fingerprint density at radius 3 is 2.55 bits per heavy atom. The summed E-state index contributed by atoms with van der Waals surface area (Å²) in [5.74, 6) is 0.145. The van der Waals surface area contributed by atoms with Gasteiger partial charge in [0.2, 0.25) is 0 Å². The minimum absolute atomic E-state index is 0.172. The average molecular weight is 335 g/mol. The molecule has 0 spiro atoms. The van der Waals surface area contributed by atoms with Crippen molar-refractivity contribution in [3.63, 3.8) is 0 Å². The van der Waals surface area contributed by atoms with Gasteiger partial charge in [0, 0.05) is 17.6 Å². The van der Waals surface area contributed by atoms with Gasteiger partial charge in [-0.25, -0.2) is 0 Å². The van der Waals surface area contributed by atoms with E-state index < -0.39 is 5.91 Å². The molecule has 2 rings (SSSR count). The van der Waals surface area contributed by atoms with Gasteiger partial charge in [0.05, 0.1) is 0 Å². The molecule has 0 saturated carbocycles. The Balaban J connectivity index is 2.20. The van der Waals surface area contributed by atoms with Crippen molar-refractivity contribution in [2.45, 2.75) is 13.5 Å². The zero-order chi connectivity index (χ0) is 14.5. The summed E-state index contributed by atoms with van der Waals surface area (Å²) in [6, 6.07) is 11.4. The lowest BCUT2D eigenvalue weighted by molar-refractivity contribution is 0.0994. The zero-order valence-corrected chi connectivity index (χ0v) is 12.7. The molecule has 2 N–H and O–H groups in total. The average Bonchev–Trinajstić information content (AvgIpc) is 2.46. The van der Waals surface area contributed by atoms with Crippen LogP contribution in [-0.4, -0.2) is 22.6 Å². The maximum absolute atomic E-state index is 11.0. The van der Waals surface area contributed by atoms with Gasteiger partial charge < -0.3 is 10.6 Å². The van der Waals surface area contributed by atoms with E-state index in [4.69, 9.17) is 5.73 Å². The fourth-order valence-electron chi connectivity index (χ4n) is 1.81. The third kappa shape index (κ3) is 3.33. The molecule has 5 nitrogen and oxygen atoms in total. The zero-order valence-electron chi connectivity index (χ0n) is 11.1. The minimum Gasteiger partial charge on any atom is -0.364 e. The van der Waals surface area contributed by atoms with Gasteiger partial charge in [-0.3, -0.25) is 4.79 Å². The normalized spacial score (nSPS) is 10.3. The van der Waals surface area contributed by atoms with E-state index in [1.807, 2.05) is 25.1 Å². The summed E-state index contributed by atoms with van der Waals surface area (Å²) in [4.78, 5) is 13.1. The summed E-state index contributed by atoms with van der Waals surface area (Å²) in [5.41, 5.74) is 6.49. The highest BCUT2D eigenvalue weighted by molar-refractivity contribution is 9.10. The van der Waals surface area contributed by atoms with Gasteiger partial charge in [-0.2, -0.15) is 0 Å². The quantitative estimate of drug-likeness (QED) is 0.910. The third-order valence-corrected chi connectivity index (χ3v) is 3.70. The fraction of sp³-hybridized carbons (Fsp3) is 0.214. The molecule has 1 heterocycles. The molecule has 0 unspecified atom stereocenters. The van der Waals surface area contributed by atoms with E-state index in [0.717, 1.165) is 16.6 Å². The van der Waals surface area contributed by atoms with Crippen LogP contribution in [0.3, 0.4) is 0 Å². The van der Waals surface area contributed by atoms with E-state index in [2.05, 4.69) is 37.1 Å². The fourth-order valence-corrected chi connectivity index (χ4v) is 2.22. The number of hydrogen-bond acceptors (Lipinski definition) is 4. The predicted molar refractivity (Wildman–Crippen MR) is 81.4 cm³/mol. The Labute approximate surface area is 125 Å². The second kappa shape index (κ2) is 6.47. The number of hydrogen-bond donors (Lipinski definition) is 1. The Kier molecular flexibility index (Phi) is 4.68. The monoisotopic (exact) mass is 334 g/mol. The first kappa shape index (κ1) is 14.5. The predicted octanol–water partition coefficient (Wildman–Crippen LogP) is 2.36. The van der Waals surface area contributed by atoms with Crippen LogP contribution in [0.2, 0.25) is 0 Å². The first-order chi connectivity index (χ1) is 9.61. The molecule has 1 amide bonds. The van der Waals surface area contributed by atoms with Crippen LogP contribution in [0.1, 0.15) is 23.0 Å². The number of rotatable bonds is 5. The topological polar surface area (TPSA) is 72.1 Å². The lowest BCUT2D eigenvalue weighted by Crippen LogP contribution is -2.24. The number of anilines is 1. The van der Waals surface area contributed by atoms with Crippen molar-refractivity contribution >= 4 is 27.7 Å². The van der Waals surface area contributed by atoms with Gasteiger partial charge in [0.25, 0.3) is 5.91 Å². The van der Waals surface area contributed by atoms with Crippen molar-refractivity contribution < 1.29 is 4.79 Å². The highest BCUT2D eigenvalue weighted by Crippen LogP contribution is 2.20. The molecule has 0 bridgehead atoms. The molecule has 104 valence electrons. The molecule has 1 aromatic heterocycles. The van der Waals surface area contributed by atoms with Gasteiger partial charge in [-0.1, -0.05) is 34.1 Å².